The van der Waals surface area contributed by atoms with E-state index in [0.717, 1.165) is 29.6 Å². The topological polar surface area (TPSA) is 34.0 Å². The summed E-state index contributed by atoms with van der Waals surface area (Å²) in [6.07, 6.45) is 1.98. The van der Waals surface area contributed by atoms with E-state index >= 15 is 0 Å². The average Bonchev–Trinajstić information content (AvgIpc) is 2.73. The van der Waals surface area contributed by atoms with Crippen LogP contribution in [0.3, 0.4) is 0 Å². The Kier molecular flexibility index (Phi) is 3.82. The number of carbonyl (C=O) groups excluding carboxylic acids is 1. The van der Waals surface area contributed by atoms with Crippen molar-refractivity contribution in [2.24, 2.45) is 0 Å². The molecule has 0 saturated heterocycles. The van der Waals surface area contributed by atoms with E-state index in [0.29, 0.717) is 6.54 Å². The molecule has 0 amide bonds. The van der Waals surface area contributed by atoms with Crippen LogP contribution in [0.1, 0.15) is 29.8 Å². The van der Waals surface area contributed by atoms with E-state index in [9.17, 15) is 4.79 Å². The SMILES string of the molecule is CCNCC(=O)c1cn(CC)c2ccc(C)cc12. The normalized spacial score (nSPS) is 11.1. The molecule has 96 valence electrons. The number of likely N-dealkylation sites (N-methyl/N-ethyl adjacent to an activating group) is 1. The van der Waals surface area contributed by atoms with Gasteiger partial charge in [0.15, 0.2) is 5.78 Å². The minimum absolute atomic E-state index is 0.166. The van der Waals surface area contributed by atoms with Gasteiger partial charge >= 0.3 is 0 Å². The van der Waals surface area contributed by atoms with Crippen LogP contribution in [0.2, 0.25) is 0 Å². The fraction of sp³-hybridized carbons (Fsp3) is 0.400. The summed E-state index contributed by atoms with van der Waals surface area (Å²) in [5.74, 6) is 0.166. The Balaban J connectivity index is 2.49. The lowest BCUT2D eigenvalue weighted by Crippen LogP contribution is -2.22. The molecule has 3 heteroatoms. The highest BCUT2D eigenvalue weighted by atomic mass is 16.1. The Labute approximate surface area is 108 Å². The Morgan fingerprint density at radius 1 is 1.33 bits per heavy atom. The second-order valence-electron chi connectivity index (χ2n) is 4.55. The predicted octanol–water partition coefficient (Wildman–Crippen LogP) is 2.76. The van der Waals surface area contributed by atoms with Crippen LogP contribution in [0, 0.1) is 6.92 Å². The van der Waals surface area contributed by atoms with E-state index in [4.69, 9.17) is 0 Å². The van der Waals surface area contributed by atoms with Gasteiger partial charge in [-0.05, 0) is 32.5 Å². The summed E-state index contributed by atoms with van der Waals surface area (Å²) in [5, 5.41) is 4.16. The molecule has 0 aliphatic heterocycles. The number of Topliss-reactive ketones (excluding diaryl/α,β-unsaturated/α-hetero) is 1. The molecule has 0 unspecified atom stereocenters. The number of hydrogen-bond donors (Lipinski definition) is 1. The minimum atomic E-state index is 0.166. The maximum absolute atomic E-state index is 12.2. The third kappa shape index (κ3) is 2.31. The van der Waals surface area contributed by atoms with Gasteiger partial charge in [-0.1, -0.05) is 18.6 Å². The molecule has 2 aromatic rings. The van der Waals surface area contributed by atoms with Crippen molar-refractivity contribution in [3.8, 4) is 0 Å². The summed E-state index contributed by atoms with van der Waals surface area (Å²) in [4.78, 5) is 12.2. The van der Waals surface area contributed by atoms with E-state index in [1.807, 2.05) is 13.1 Å². The lowest BCUT2D eigenvalue weighted by Gasteiger charge is -2.01. The van der Waals surface area contributed by atoms with Gasteiger partial charge in [-0.15, -0.1) is 0 Å². The molecule has 0 radical (unpaired) electrons. The first-order valence-electron chi connectivity index (χ1n) is 6.50. The molecule has 0 fully saturated rings. The highest BCUT2D eigenvalue weighted by Crippen LogP contribution is 2.23. The average molecular weight is 244 g/mol. The maximum atomic E-state index is 12.2. The molecule has 1 aromatic heterocycles. The zero-order valence-electron chi connectivity index (χ0n) is 11.3. The van der Waals surface area contributed by atoms with Crippen molar-refractivity contribution in [1.29, 1.82) is 0 Å². The molecular weight excluding hydrogens is 224 g/mol. The summed E-state index contributed by atoms with van der Waals surface area (Å²) in [5.41, 5.74) is 3.16. The van der Waals surface area contributed by atoms with Gasteiger partial charge in [0.05, 0.1) is 6.54 Å². The van der Waals surface area contributed by atoms with Crippen molar-refractivity contribution in [1.82, 2.24) is 9.88 Å². The maximum Gasteiger partial charge on any atom is 0.178 e. The number of carbonyl (C=O) groups is 1. The Bertz CT molecular complexity index is 569. The molecule has 1 aromatic carbocycles. The highest BCUT2D eigenvalue weighted by Gasteiger charge is 2.14. The number of aryl methyl sites for hydroxylation is 2. The molecule has 0 aliphatic carbocycles. The van der Waals surface area contributed by atoms with Gasteiger partial charge in [0.1, 0.15) is 0 Å². The molecule has 18 heavy (non-hydrogen) atoms. The summed E-state index contributed by atoms with van der Waals surface area (Å²) >= 11 is 0. The Morgan fingerprint density at radius 3 is 2.78 bits per heavy atom. The van der Waals surface area contributed by atoms with Gasteiger partial charge in [0.2, 0.25) is 0 Å². The number of nitrogens with zero attached hydrogens (tertiary/aromatic N) is 1. The lowest BCUT2D eigenvalue weighted by molar-refractivity contribution is 0.0993. The van der Waals surface area contributed by atoms with E-state index in [1.54, 1.807) is 0 Å². The Morgan fingerprint density at radius 2 is 2.11 bits per heavy atom. The van der Waals surface area contributed by atoms with Crippen LogP contribution in [-0.2, 0) is 6.54 Å². The fourth-order valence-corrected chi connectivity index (χ4v) is 2.23. The first-order chi connectivity index (χ1) is 8.67. The molecular formula is C15H20N2O. The van der Waals surface area contributed by atoms with Crippen LogP contribution in [0.15, 0.2) is 24.4 Å². The van der Waals surface area contributed by atoms with Gasteiger partial charge in [-0.3, -0.25) is 4.79 Å². The molecule has 0 aliphatic rings. The van der Waals surface area contributed by atoms with Gasteiger partial charge in [0.25, 0.3) is 0 Å². The van der Waals surface area contributed by atoms with Crippen LogP contribution in [0.4, 0.5) is 0 Å². The monoisotopic (exact) mass is 244 g/mol. The number of aromatic nitrogens is 1. The Hall–Kier alpha value is -1.61. The number of benzene rings is 1. The summed E-state index contributed by atoms with van der Waals surface area (Å²) < 4.78 is 2.13. The zero-order chi connectivity index (χ0) is 13.1. The fourth-order valence-electron chi connectivity index (χ4n) is 2.23. The quantitative estimate of drug-likeness (QED) is 0.821. The van der Waals surface area contributed by atoms with Crippen molar-refractivity contribution in [3.63, 3.8) is 0 Å². The molecule has 2 rings (SSSR count). The van der Waals surface area contributed by atoms with Crippen molar-refractivity contribution >= 4 is 16.7 Å². The van der Waals surface area contributed by atoms with Gasteiger partial charge in [-0.2, -0.15) is 0 Å². The number of nitrogens with one attached hydrogen (secondary N) is 1. The van der Waals surface area contributed by atoms with Crippen LogP contribution in [0.25, 0.3) is 10.9 Å². The first-order valence-corrected chi connectivity index (χ1v) is 6.50. The van der Waals surface area contributed by atoms with Crippen LogP contribution in [-0.4, -0.2) is 23.4 Å². The van der Waals surface area contributed by atoms with Crippen LogP contribution in [0.5, 0.6) is 0 Å². The molecule has 1 heterocycles. The summed E-state index contributed by atoms with van der Waals surface area (Å²) in [6, 6.07) is 6.28. The summed E-state index contributed by atoms with van der Waals surface area (Å²) in [6.45, 7) is 8.27. The number of hydrogen-bond acceptors (Lipinski definition) is 2. The van der Waals surface area contributed by atoms with Crippen molar-refractivity contribution in [3.05, 3.63) is 35.5 Å². The smallest absolute Gasteiger partial charge is 0.178 e. The first kappa shape index (κ1) is 12.8. The molecule has 0 bridgehead atoms. The predicted molar refractivity (Wildman–Crippen MR) is 75.2 cm³/mol. The van der Waals surface area contributed by atoms with Crippen molar-refractivity contribution in [2.45, 2.75) is 27.3 Å². The third-order valence-corrected chi connectivity index (χ3v) is 3.21. The van der Waals surface area contributed by atoms with Gasteiger partial charge < -0.3 is 9.88 Å². The zero-order valence-corrected chi connectivity index (χ0v) is 11.3. The van der Waals surface area contributed by atoms with E-state index in [2.05, 4.69) is 41.9 Å². The number of rotatable bonds is 5. The minimum Gasteiger partial charge on any atom is -0.347 e. The van der Waals surface area contributed by atoms with Crippen molar-refractivity contribution < 1.29 is 4.79 Å². The molecule has 0 spiro atoms. The van der Waals surface area contributed by atoms with E-state index in [1.165, 1.54) is 5.56 Å². The molecule has 0 atom stereocenters. The largest absolute Gasteiger partial charge is 0.347 e. The summed E-state index contributed by atoms with van der Waals surface area (Å²) in [7, 11) is 0. The molecule has 3 nitrogen and oxygen atoms in total. The highest BCUT2D eigenvalue weighted by molar-refractivity contribution is 6.09. The standard InChI is InChI=1S/C15H20N2O/c1-4-16-9-15(18)13-10-17(5-2)14-7-6-11(3)8-12(13)14/h6-8,10,16H,4-5,9H2,1-3H3. The van der Waals surface area contributed by atoms with Gasteiger partial charge in [0, 0.05) is 29.2 Å². The number of ketones is 1. The number of fused-ring (bicyclic) bond motifs is 1. The third-order valence-electron chi connectivity index (χ3n) is 3.21. The lowest BCUT2D eigenvalue weighted by atomic mass is 10.1. The van der Waals surface area contributed by atoms with E-state index < -0.39 is 0 Å². The van der Waals surface area contributed by atoms with E-state index in [-0.39, 0.29) is 5.78 Å². The van der Waals surface area contributed by atoms with Crippen molar-refractivity contribution in [2.75, 3.05) is 13.1 Å². The molecule has 0 saturated carbocycles. The van der Waals surface area contributed by atoms with Crippen LogP contribution >= 0.6 is 0 Å². The van der Waals surface area contributed by atoms with Gasteiger partial charge in [-0.25, -0.2) is 0 Å². The second-order valence-corrected chi connectivity index (χ2v) is 4.55. The van der Waals surface area contributed by atoms with Crippen LogP contribution < -0.4 is 5.32 Å². The molecule has 1 N–H and O–H groups in total. The second kappa shape index (κ2) is 5.36.